The summed E-state index contributed by atoms with van der Waals surface area (Å²) in [6, 6.07) is 29.3. The molecule has 0 atom stereocenters. The van der Waals surface area contributed by atoms with Gasteiger partial charge in [0, 0.05) is 39.5 Å². The van der Waals surface area contributed by atoms with Gasteiger partial charge in [-0.3, -0.25) is 9.59 Å². The Kier molecular flexibility index (Phi) is 5.72. The highest BCUT2D eigenvalue weighted by Gasteiger charge is 2.17. The van der Waals surface area contributed by atoms with E-state index < -0.39 is 5.91 Å². The van der Waals surface area contributed by atoms with Crippen molar-refractivity contribution in [1.29, 1.82) is 0 Å². The Morgan fingerprint density at radius 2 is 1.47 bits per heavy atom. The Labute approximate surface area is 198 Å². The molecule has 1 amide bonds. The molecule has 4 aromatic carbocycles. The number of aromatic nitrogens is 1. The molecule has 2 N–H and O–H groups in total. The maximum Gasteiger partial charge on any atom is 0.249 e. The molecular weight excluding hydrogens is 420 g/mol. The molecule has 4 heteroatoms. The fourth-order valence-corrected chi connectivity index (χ4v) is 4.71. The lowest BCUT2D eigenvalue weighted by atomic mass is 10.0. The van der Waals surface area contributed by atoms with Crippen LogP contribution in [-0.4, -0.2) is 16.3 Å². The third-order valence-corrected chi connectivity index (χ3v) is 6.35. The smallest absolute Gasteiger partial charge is 0.249 e. The molecule has 5 rings (SSSR count). The first-order valence-electron chi connectivity index (χ1n) is 11.6. The van der Waals surface area contributed by atoms with Gasteiger partial charge in [0.1, 0.15) is 0 Å². The molecule has 0 aliphatic heterocycles. The lowest BCUT2D eigenvalue weighted by Gasteiger charge is -2.10. The number of primary amides is 1. The van der Waals surface area contributed by atoms with E-state index >= 15 is 0 Å². The number of fused-ring (bicyclic) bond motifs is 3. The van der Waals surface area contributed by atoms with Crippen molar-refractivity contribution in [3.63, 3.8) is 0 Å². The van der Waals surface area contributed by atoms with Crippen LogP contribution in [0.15, 0.2) is 91.0 Å². The number of aryl methyl sites for hydroxylation is 1. The molecule has 0 aliphatic carbocycles. The number of nitrogens with zero attached hydrogens (tertiary/aromatic N) is 1. The number of nitrogens with two attached hydrogens (primary N) is 1. The van der Waals surface area contributed by atoms with Crippen LogP contribution in [0.5, 0.6) is 0 Å². The molecule has 0 saturated heterocycles. The quantitative estimate of drug-likeness (QED) is 0.306. The summed E-state index contributed by atoms with van der Waals surface area (Å²) in [6.45, 7) is 2.79. The van der Waals surface area contributed by atoms with Gasteiger partial charge < -0.3 is 10.3 Å². The maximum absolute atomic E-state index is 12.8. The molecular formula is C30H26N2O2. The maximum atomic E-state index is 12.8. The zero-order valence-corrected chi connectivity index (χ0v) is 19.1. The van der Waals surface area contributed by atoms with Gasteiger partial charge in [0.2, 0.25) is 5.91 Å². The average Bonchev–Trinajstić information content (AvgIpc) is 3.17. The highest BCUT2D eigenvalue weighted by atomic mass is 16.1. The molecule has 168 valence electrons. The van der Waals surface area contributed by atoms with Crippen LogP contribution in [0.1, 0.15) is 50.8 Å². The summed E-state index contributed by atoms with van der Waals surface area (Å²) in [5.74, 6) is -0.412. The van der Waals surface area contributed by atoms with E-state index in [2.05, 4.69) is 29.7 Å². The molecule has 34 heavy (non-hydrogen) atoms. The average molecular weight is 447 g/mol. The number of amides is 1. The lowest BCUT2D eigenvalue weighted by Crippen LogP contribution is -2.11. The molecule has 1 heterocycles. The fourth-order valence-electron chi connectivity index (χ4n) is 4.71. The summed E-state index contributed by atoms with van der Waals surface area (Å²) in [5.41, 5.74) is 12.0. The minimum absolute atomic E-state index is 0.0133. The first-order chi connectivity index (χ1) is 16.6. The van der Waals surface area contributed by atoms with Crippen LogP contribution in [0.2, 0.25) is 0 Å². The fraction of sp³-hybridized carbons (Fsp3) is 0.133. The number of carbonyl (C=O) groups excluding carboxylic acids is 2. The Balaban J connectivity index is 1.59. The summed E-state index contributed by atoms with van der Waals surface area (Å²) in [4.78, 5) is 25.0. The molecule has 0 radical (unpaired) electrons. The molecule has 0 spiro atoms. The van der Waals surface area contributed by atoms with Crippen molar-refractivity contribution in [3.05, 3.63) is 119 Å². The van der Waals surface area contributed by atoms with E-state index in [-0.39, 0.29) is 5.78 Å². The summed E-state index contributed by atoms with van der Waals surface area (Å²) in [5, 5.41) is 1.92. The van der Waals surface area contributed by atoms with Gasteiger partial charge in [0.05, 0.1) is 5.52 Å². The number of carbonyl (C=O) groups is 2. The summed E-state index contributed by atoms with van der Waals surface area (Å²) >= 11 is 0. The van der Waals surface area contributed by atoms with E-state index in [0.29, 0.717) is 23.2 Å². The van der Waals surface area contributed by atoms with Gasteiger partial charge in [-0.05, 0) is 35.7 Å². The van der Waals surface area contributed by atoms with Crippen molar-refractivity contribution in [3.8, 4) is 0 Å². The van der Waals surface area contributed by atoms with Gasteiger partial charge in [-0.25, -0.2) is 0 Å². The van der Waals surface area contributed by atoms with E-state index in [0.717, 1.165) is 40.2 Å². The van der Waals surface area contributed by atoms with Crippen molar-refractivity contribution in [2.75, 3.05) is 0 Å². The number of rotatable bonds is 7. The second kappa shape index (κ2) is 8.99. The van der Waals surface area contributed by atoms with Gasteiger partial charge in [-0.2, -0.15) is 0 Å². The standard InChI is InChI=1S/C30H26N2O2/c1-2-7-20-14-17-24-27(18-20)32(26-11-6-10-25(28(24)26)30(31)34)19-21-12-15-23(16-13-21)29(33)22-8-4-3-5-9-22/h3-6,8-18H,2,7,19H2,1H3,(H2,31,34). The molecule has 0 bridgehead atoms. The minimum Gasteiger partial charge on any atom is -0.366 e. The van der Waals surface area contributed by atoms with Crippen molar-refractivity contribution < 1.29 is 9.59 Å². The summed E-state index contributed by atoms with van der Waals surface area (Å²) in [6.07, 6.45) is 2.06. The molecule has 1 aromatic heterocycles. The highest BCUT2D eigenvalue weighted by Crippen LogP contribution is 2.33. The zero-order valence-electron chi connectivity index (χ0n) is 19.1. The van der Waals surface area contributed by atoms with Crippen molar-refractivity contribution >= 4 is 33.5 Å². The highest BCUT2D eigenvalue weighted by molar-refractivity contribution is 6.18. The van der Waals surface area contributed by atoms with E-state index in [1.54, 1.807) is 6.07 Å². The summed E-state index contributed by atoms with van der Waals surface area (Å²) < 4.78 is 2.24. The first-order valence-corrected chi connectivity index (χ1v) is 11.6. The van der Waals surface area contributed by atoms with Crippen LogP contribution in [0.4, 0.5) is 0 Å². The monoisotopic (exact) mass is 446 g/mol. The number of benzene rings is 4. The Morgan fingerprint density at radius 3 is 2.18 bits per heavy atom. The second-order valence-corrected chi connectivity index (χ2v) is 8.64. The van der Waals surface area contributed by atoms with Crippen molar-refractivity contribution in [2.24, 2.45) is 5.73 Å². The SMILES string of the molecule is CCCc1ccc2c3c(C(N)=O)cccc3n(Cc3ccc(C(=O)c4ccccc4)cc3)c2c1. The largest absolute Gasteiger partial charge is 0.366 e. The topological polar surface area (TPSA) is 65.1 Å². The normalized spacial score (nSPS) is 11.2. The Bertz CT molecular complexity index is 1510. The van der Waals surface area contributed by atoms with Crippen LogP contribution in [0, 0.1) is 0 Å². The van der Waals surface area contributed by atoms with Crippen molar-refractivity contribution in [1.82, 2.24) is 4.57 Å². The number of hydrogen-bond acceptors (Lipinski definition) is 2. The van der Waals surface area contributed by atoms with Crippen molar-refractivity contribution in [2.45, 2.75) is 26.3 Å². The van der Waals surface area contributed by atoms with Gasteiger partial charge >= 0.3 is 0 Å². The number of ketones is 1. The zero-order chi connectivity index (χ0) is 23.7. The third-order valence-electron chi connectivity index (χ3n) is 6.35. The van der Waals surface area contributed by atoms with E-state index in [9.17, 15) is 9.59 Å². The molecule has 0 aliphatic rings. The molecule has 0 saturated carbocycles. The lowest BCUT2D eigenvalue weighted by molar-refractivity contribution is 0.1000. The third kappa shape index (κ3) is 3.88. The van der Waals surface area contributed by atoms with Crippen LogP contribution in [-0.2, 0) is 13.0 Å². The minimum atomic E-state index is -0.425. The Morgan fingerprint density at radius 1 is 0.765 bits per heavy atom. The predicted molar refractivity (Wildman–Crippen MR) is 137 cm³/mol. The van der Waals surface area contributed by atoms with E-state index in [4.69, 9.17) is 5.73 Å². The van der Waals surface area contributed by atoms with E-state index in [1.165, 1.54) is 5.56 Å². The van der Waals surface area contributed by atoms with Crippen LogP contribution < -0.4 is 5.73 Å². The van der Waals surface area contributed by atoms with E-state index in [1.807, 2.05) is 66.7 Å². The van der Waals surface area contributed by atoms with Crippen LogP contribution >= 0.6 is 0 Å². The van der Waals surface area contributed by atoms with Crippen LogP contribution in [0.25, 0.3) is 21.8 Å². The molecule has 0 unspecified atom stereocenters. The van der Waals surface area contributed by atoms with Gasteiger partial charge in [0.15, 0.2) is 5.78 Å². The van der Waals surface area contributed by atoms with Gasteiger partial charge in [-0.15, -0.1) is 0 Å². The predicted octanol–water partition coefficient (Wildman–Crippen LogP) is 6.13. The molecule has 5 aromatic rings. The van der Waals surface area contributed by atoms with Gasteiger partial charge in [0.25, 0.3) is 0 Å². The van der Waals surface area contributed by atoms with Crippen LogP contribution in [0.3, 0.4) is 0 Å². The first kappa shape index (κ1) is 21.7. The molecule has 4 nitrogen and oxygen atoms in total. The number of hydrogen-bond donors (Lipinski definition) is 1. The van der Waals surface area contributed by atoms with Gasteiger partial charge in [-0.1, -0.05) is 86.1 Å². The second-order valence-electron chi connectivity index (χ2n) is 8.64. The Hall–Kier alpha value is -4.18. The summed E-state index contributed by atoms with van der Waals surface area (Å²) in [7, 11) is 0. The molecule has 0 fully saturated rings.